The van der Waals surface area contributed by atoms with E-state index in [2.05, 4.69) is 19.2 Å². The number of ether oxygens (including phenoxy) is 1. The van der Waals surface area contributed by atoms with Gasteiger partial charge >= 0.3 is 0 Å². The summed E-state index contributed by atoms with van der Waals surface area (Å²) < 4.78 is 5.59. The van der Waals surface area contributed by atoms with Crippen LogP contribution in [0.5, 0.6) is 5.75 Å². The van der Waals surface area contributed by atoms with E-state index in [-0.39, 0.29) is 11.8 Å². The summed E-state index contributed by atoms with van der Waals surface area (Å²) in [5.74, 6) is 1.72. The number of nitrogens with one attached hydrogen (secondary N) is 1. The van der Waals surface area contributed by atoms with Crippen LogP contribution < -0.4 is 15.8 Å². The summed E-state index contributed by atoms with van der Waals surface area (Å²) in [6, 6.07) is 7.88. The molecule has 3 N–H and O–H groups in total. The number of carbonyl (C=O) groups is 1. The first-order valence-corrected chi connectivity index (χ1v) is 7.67. The zero-order valence-corrected chi connectivity index (χ0v) is 13.4. The van der Waals surface area contributed by atoms with E-state index in [1.165, 1.54) is 0 Å². The lowest BCUT2D eigenvalue weighted by molar-refractivity contribution is -0.122. The summed E-state index contributed by atoms with van der Waals surface area (Å²) >= 11 is 0. The predicted octanol–water partition coefficient (Wildman–Crippen LogP) is 2.50. The SMILES string of the molecule is Cc1cccc(OCCNC(=O)C[C@@H](CN)CC(C)C)c1. The number of amides is 1. The summed E-state index contributed by atoms with van der Waals surface area (Å²) in [7, 11) is 0. The van der Waals surface area contributed by atoms with Crippen LogP contribution in [0.25, 0.3) is 0 Å². The minimum absolute atomic E-state index is 0.0546. The molecular weight excluding hydrogens is 264 g/mol. The molecule has 1 rings (SSSR count). The van der Waals surface area contributed by atoms with Crippen molar-refractivity contribution in [1.29, 1.82) is 0 Å². The molecule has 4 nitrogen and oxygen atoms in total. The van der Waals surface area contributed by atoms with Gasteiger partial charge in [-0.05, 0) is 49.4 Å². The Balaban J connectivity index is 2.21. The van der Waals surface area contributed by atoms with Gasteiger partial charge in [-0.15, -0.1) is 0 Å². The second kappa shape index (κ2) is 9.40. The summed E-state index contributed by atoms with van der Waals surface area (Å²) in [6.07, 6.45) is 1.49. The van der Waals surface area contributed by atoms with Crippen molar-refractivity contribution in [2.75, 3.05) is 19.7 Å². The number of hydrogen-bond acceptors (Lipinski definition) is 3. The number of benzene rings is 1. The average molecular weight is 292 g/mol. The molecule has 0 fully saturated rings. The van der Waals surface area contributed by atoms with E-state index in [4.69, 9.17) is 10.5 Å². The highest BCUT2D eigenvalue weighted by atomic mass is 16.5. The molecule has 1 amide bonds. The smallest absolute Gasteiger partial charge is 0.220 e. The van der Waals surface area contributed by atoms with Gasteiger partial charge in [-0.2, -0.15) is 0 Å². The monoisotopic (exact) mass is 292 g/mol. The summed E-state index contributed by atoms with van der Waals surface area (Å²) in [5.41, 5.74) is 6.87. The van der Waals surface area contributed by atoms with E-state index in [0.29, 0.717) is 32.0 Å². The molecule has 0 heterocycles. The number of nitrogens with two attached hydrogens (primary N) is 1. The van der Waals surface area contributed by atoms with Crippen molar-refractivity contribution in [2.45, 2.75) is 33.6 Å². The Bertz CT molecular complexity index is 433. The third-order valence-electron chi connectivity index (χ3n) is 3.29. The average Bonchev–Trinajstić information content (AvgIpc) is 2.42. The number of rotatable bonds is 9. The predicted molar refractivity (Wildman–Crippen MR) is 86.3 cm³/mol. The highest BCUT2D eigenvalue weighted by Gasteiger charge is 2.13. The molecule has 0 aliphatic heterocycles. The second-order valence-corrected chi connectivity index (χ2v) is 5.95. The van der Waals surface area contributed by atoms with Gasteiger partial charge in [0.15, 0.2) is 0 Å². The first-order chi connectivity index (χ1) is 10.0. The fourth-order valence-corrected chi connectivity index (χ4v) is 2.33. The largest absolute Gasteiger partial charge is 0.492 e. The Morgan fingerprint density at radius 2 is 2.14 bits per heavy atom. The van der Waals surface area contributed by atoms with Crippen molar-refractivity contribution >= 4 is 5.91 Å². The van der Waals surface area contributed by atoms with E-state index in [1.54, 1.807) is 0 Å². The van der Waals surface area contributed by atoms with Gasteiger partial charge in [-0.25, -0.2) is 0 Å². The fraction of sp³-hybridized carbons (Fsp3) is 0.588. The Morgan fingerprint density at radius 3 is 2.76 bits per heavy atom. The molecule has 0 aromatic heterocycles. The number of hydrogen-bond donors (Lipinski definition) is 2. The van der Waals surface area contributed by atoms with Gasteiger partial charge in [0.05, 0.1) is 6.54 Å². The summed E-state index contributed by atoms with van der Waals surface area (Å²) in [6.45, 7) is 7.88. The normalized spacial score (nSPS) is 12.2. The Kier molecular flexibility index (Phi) is 7.83. The minimum Gasteiger partial charge on any atom is -0.492 e. The molecular formula is C17H28N2O2. The molecule has 0 bridgehead atoms. The summed E-state index contributed by atoms with van der Waals surface area (Å²) in [5, 5.41) is 2.89. The third kappa shape index (κ3) is 7.71. The maximum atomic E-state index is 11.8. The molecule has 21 heavy (non-hydrogen) atoms. The van der Waals surface area contributed by atoms with Crippen LogP contribution in [0.15, 0.2) is 24.3 Å². The molecule has 0 saturated carbocycles. The first-order valence-electron chi connectivity index (χ1n) is 7.67. The third-order valence-corrected chi connectivity index (χ3v) is 3.29. The molecule has 0 aliphatic carbocycles. The molecule has 0 spiro atoms. The summed E-state index contributed by atoms with van der Waals surface area (Å²) in [4.78, 5) is 11.8. The number of carbonyl (C=O) groups excluding carboxylic acids is 1. The molecule has 4 heteroatoms. The Hall–Kier alpha value is -1.55. The maximum absolute atomic E-state index is 11.8. The second-order valence-electron chi connectivity index (χ2n) is 5.95. The van der Waals surface area contributed by atoms with Crippen molar-refractivity contribution in [2.24, 2.45) is 17.6 Å². The van der Waals surface area contributed by atoms with E-state index >= 15 is 0 Å². The van der Waals surface area contributed by atoms with Crippen LogP contribution in [0.2, 0.25) is 0 Å². The minimum atomic E-state index is 0.0546. The maximum Gasteiger partial charge on any atom is 0.220 e. The molecule has 118 valence electrons. The van der Waals surface area contributed by atoms with E-state index < -0.39 is 0 Å². The van der Waals surface area contributed by atoms with Crippen molar-refractivity contribution in [3.63, 3.8) is 0 Å². The van der Waals surface area contributed by atoms with Gasteiger partial charge in [-0.1, -0.05) is 26.0 Å². The molecule has 1 aromatic rings. The lowest BCUT2D eigenvalue weighted by Crippen LogP contribution is -2.31. The Morgan fingerprint density at radius 1 is 1.38 bits per heavy atom. The molecule has 0 unspecified atom stereocenters. The lowest BCUT2D eigenvalue weighted by Gasteiger charge is -2.16. The van der Waals surface area contributed by atoms with Crippen LogP contribution in [0, 0.1) is 18.8 Å². The molecule has 0 saturated heterocycles. The Labute approximate surface area is 128 Å². The highest BCUT2D eigenvalue weighted by Crippen LogP contribution is 2.14. The van der Waals surface area contributed by atoms with Crippen molar-refractivity contribution < 1.29 is 9.53 Å². The fourth-order valence-electron chi connectivity index (χ4n) is 2.33. The van der Waals surface area contributed by atoms with Crippen molar-refractivity contribution in [1.82, 2.24) is 5.32 Å². The van der Waals surface area contributed by atoms with Gasteiger partial charge < -0.3 is 15.8 Å². The van der Waals surface area contributed by atoms with Gasteiger partial charge in [0.2, 0.25) is 5.91 Å². The van der Waals surface area contributed by atoms with Gasteiger partial charge in [-0.3, -0.25) is 4.79 Å². The topological polar surface area (TPSA) is 64.3 Å². The van der Waals surface area contributed by atoms with E-state index in [9.17, 15) is 4.79 Å². The van der Waals surface area contributed by atoms with Crippen LogP contribution in [0.1, 0.15) is 32.3 Å². The van der Waals surface area contributed by atoms with Crippen molar-refractivity contribution in [3.8, 4) is 5.75 Å². The van der Waals surface area contributed by atoms with Crippen LogP contribution in [-0.2, 0) is 4.79 Å². The standard InChI is InChI=1S/C17H28N2O2/c1-13(2)9-15(12-18)11-17(20)19-7-8-21-16-6-4-5-14(3)10-16/h4-6,10,13,15H,7-9,11-12,18H2,1-3H3,(H,19,20)/t15-/m0/s1. The molecule has 0 aliphatic rings. The van der Waals surface area contributed by atoms with Crippen molar-refractivity contribution in [3.05, 3.63) is 29.8 Å². The zero-order chi connectivity index (χ0) is 15.7. The van der Waals surface area contributed by atoms with Crippen LogP contribution >= 0.6 is 0 Å². The van der Waals surface area contributed by atoms with Gasteiger partial charge in [0, 0.05) is 6.42 Å². The van der Waals surface area contributed by atoms with Crippen LogP contribution in [0.4, 0.5) is 0 Å². The van der Waals surface area contributed by atoms with Crippen LogP contribution in [0.3, 0.4) is 0 Å². The van der Waals surface area contributed by atoms with Gasteiger partial charge in [0.25, 0.3) is 0 Å². The first kappa shape index (κ1) is 17.5. The highest BCUT2D eigenvalue weighted by molar-refractivity contribution is 5.76. The number of aryl methyl sites for hydroxylation is 1. The molecule has 1 aromatic carbocycles. The molecule has 0 radical (unpaired) electrons. The zero-order valence-electron chi connectivity index (χ0n) is 13.4. The van der Waals surface area contributed by atoms with E-state index in [0.717, 1.165) is 17.7 Å². The lowest BCUT2D eigenvalue weighted by atomic mass is 9.94. The van der Waals surface area contributed by atoms with E-state index in [1.807, 2.05) is 31.2 Å². The quantitative estimate of drug-likeness (QED) is 0.687. The van der Waals surface area contributed by atoms with Crippen LogP contribution in [-0.4, -0.2) is 25.6 Å². The van der Waals surface area contributed by atoms with Gasteiger partial charge in [0.1, 0.15) is 12.4 Å². The molecule has 1 atom stereocenters.